The van der Waals surface area contributed by atoms with E-state index in [0.717, 1.165) is 12.8 Å². The van der Waals surface area contributed by atoms with Crippen molar-refractivity contribution in [1.29, 1.82) is 0 Å². The van der Waals surface area contributed by atoms with Crippen LogP contribution in [0.4, 0.5) is 0 Å². The van der Waals surface area contributed by atoms with Gasteiger partial charge in [0.1, 0.15) is 0 Å². The second-order valence-electron chi connectivity index (χ2n) is 5.04. The van der Waals surface area contributed by atoms with Gasteiger partial charge in [-0.25, -0.2) is 9.48 Å². The quantitative estimate of drug-likeness (QED) is 0.607. The number of carbonyl (C=O) groups is 2. The maximum atomic E-state index is 11.6. The molecule has 0 aliphatic carbocycles. The standard InChI is InChI=1S/C14H24N4O3/c1-2-3-4-5-6-7-8-13(19)15-9-10-18-11-12(14(20)21)16-17-18/h11H,2-10H2,1H3,(H,15,19)(H,20,21). The first-order valence-corrected chi connectivity index (χ1v) is 7.53. The number of nitrogens with one attached hydrogen (secondary N) is 1. The number of hydrogen-bond donors (Lipinski definition) is 2. The Bertz CT molecular complexity index is 445. The molecule has 0 unspecified atom stereocenters. The highest BCUT2D eigenvalue weighted by atomic mass is 16.4. The van der Waals surface area contributed by atoms with Gasteiger partial charge in [-0.2, -0.15) is 0 Å². The molecule has 0 saturated heterocycles. The van der Waals surface area contributed by atoms with Crippen LogP contribution in [-0.2, 0) is 11.3 Å². The van der Waals surface area contributed by atoms with E-state index in [4.69, 9.17) is 5.11 Å². The van der Waals surface area contributed by atoms with E-state index in [1.807, 2.05) is 0 Å². The van der Waals surface area contributed by atoms with Gasteiger partial charge in [-0.1, -0.05) is 44.2 Å². The third kappa shape index (κ3) is 7.43. The molecule has 1 aromatic heterocycles. The van der Waals surface area contributed by atoms with Crippen molar-refractivity contribution in [2.24, 2.45) is 0 Å². The minimum Gasteiger partial charge on any atom is -0.476 e. The number of hydrogen-bond acceptors (Lipinski definition) is 4. The van der Waals surface area contributed by atoms with E-state index in [-0.39, 0.29) is 11.6 Å². The van der Waals surface area contributed by atoms with Gasteiger partial charge in [-0.15, -0.1) is 5.10 Å². The molecule has 1 amide bonds. The summed E-state index contributed by atoms with van der Waals surface area (Å²) in [5.41, 5.74) is -0.0894. The highest BCUT2D eigenvalue weighted by Gasteiger charge is 2.08. The summed E-state index contributed by atoms with van der Waals surface area (Å²) in [6, 6.07) is 0. The van der Waals surface area contributed by atoms with Gasteiger partial charge in [0.25, 0.3) is 0 Å². The lowest BCUT2D eigenvalue weighted by Crippen LogP contribution is -2.27. The van der Waals surface area contributed by atoms with E-state index in [0.29, 0.717) is 19.5 Å². The van der Waals surface area contributed by atoms with Crippen LogP contribution in [0.3, 0.4) is 0 Å². The van der Waals surface area contributed by atoms with Crippen LogP contribution in [0.1, 0.15) is 62.4 Å². The van der Waals surface area contributed by atoms with Gasteiger partial charge in [0.05, 0.1) is 12.7 Å². The van der Waals surface area contributed by atoms with Crippen LogP contribution in [0.25, 0.3) is 0 Å². The SMILES string of the molecule is CCCCCCCCC(=O)NCCn1cc(C(=O)O)nn1. The monoisotopic (exact) mass is 296 g/mol. The smallest absolute Gasteiger partial charge is 0.358 e. The summed E-state index contributed by atoms with van der Waals surface area (Å²) in [5.74, 6) is -1.07. The number of carboxylic acids is 1. The number of carbonyl (C=O) groups excluding carboxylic acids is 1. The van der Waals surface area contributed by atoms with Crippen LogP contribution in [0.15, 0.2) is 6.20 Å². The lowest BCUT2D eigenvalue weighted by Gasteiger charge is -2.05. The molecule has 0 fully saturated rings. The molecule has 0 aliphatic heterocycles. The zero-order valence-electron chi connectivity index (χ0n) is 12.5. The highest BCUT2D eigenvalue weighted by Crippen LogP contribution is 2.06. The Morgan fingerprint density at radius 2 is 1.95 bits per heavy atom. The van der Waals surface area contributed by atoms with E-state index < -0.39 is 5.97 Å². The molecule has 1 rings (SSSR count). The Balaban J connectivity index is 2.06. The molecule has 0 aromatic carbocycles. The molecule has 7 heteroatoms. The van der Waals surface area contributed by atoms with Crippen LogP contribution in [0.5, 0.6) is 0 Å². The van der Waals surface area contributed by atoms with E-state index in [9.17, 15) is 9.59 Å². The second-order valence-corrected chi connectivity index (χ2v) is 5.04. The Labute approximate surface area is 124 Å². The van der Waals surface area contributed by atoms with Crippen molar-refractivity contribution < 1.29 is 14.7 Å². The van der Waals surface area contributed by atoms with Crippen molar-refractivity contribution in [3.63, 3.8) is 0 Å². The van der Waals surface area contributed by atoms with Crippen molar-refractivity contribution in [3.05, 3.63) is 11.9 Å². The molecule has 0 saturated carbocycles. The molecule has 0 radical (unpaired) electrons. The molecule has 2 N–H and O–H groups in total. The lowest BCUT2D eigenvalue weighted by molar-refractivity contribution is -0.121. The van der Waals surface area contributed by atoms with Crippen LogP contribution in [0, 0.1) is 0 Å². The summed E-state index contributed by atoms with van der Waals surface area (Å²) < 4.78 is 1.41. The number of carboxylic acid groups (broad SMARTS) is 1. The second kappa shape index (κ2) is 9.90. The van der Waals surface area contributed by atoms with Crippen molar-refractivity contribution in [3.8, 4) is 0 Å². The van der Waals surface area contributed by atoms with Crippen LogP contribution < -0.4 is 5.32 Å². The van der Waals surface area contributed by atoms with Crippen molar-refractivity contribution in [2.45, 2.75) is 58.4 Å². The van der Waals surface area contributed by atoms with Crippen molar-refractivity contribution >= 4 is 11.9 Å². The minimum absolute atomic E-state index is 0.0315. The predicted octanol–water partition coefficient (Wildman–Crippen LogP) is 1.84. The third-order valence-corrected chi connectivity index (χ3v) is 3.18. The molecule has 118 valence electrons. The molecule has 21 heavy (non-hydrogen) atoms. The third-order valence-electron chi connectivity index (χ3n) is 3.18. The molecule has 7 nitrogen and oxygen atoms in total. The van der Waals surface area contributed by atoms with Gasteiger partial charge in [-0.05, 0) is 6.42 Å². The number of amides is 1. The number of rotatable bonds is 11. The zero-order chi connectivity index (χ0) is 15.5. The minimum atomic E-state index is -1.10. The molecule has 0 bridgehead atoms. The first-order valence-electron chi connectivity index (χ1n) is 7.53. The van der Waals surface area contributed by atoms with E-state index in [1.165, 1.54) is 36.6 Å². The summed E-state index contributed by atoms with van der Waals surface area (Å²) in [6.07, 6.45) is 8.84. The number of aromatic nitrogens is 3. The molecule has 0 spiro atoms. The number of unbranched alkanes of at least 4 members (excludes halogenated alkanes) is 5. The van der Waals surface area contributed by atoms with Gasteiger partial charge in [0.2, 0.25) is 5.91 Å². The molecular weight excluding hydrogens is 272 g/mol. The van der Waals surface area contributed by atoms with Crippen LogP contribution in [0.2, 0.25) is 0 Å². The Kier molecular flexibility index (Phi) is 8.08. The van der Waals surface area contributed by atoms with E-state index >= 15 is 0 Å². The summed E-state index contributed by atoms with van der Waals surface area (Å²) in [6.45, 7) is 3.03. The van der Waals surface area contributed by atoms with E-state index in [2.05, 4.69) is 22.6 Å². The van der Waals surface area contributed by atoms with Crippen molar-refractivity contribution in [1.82, 2.24) is 20.3 Å². The average Bonchev–Trinajstić information content (AvgIpc) is 2.92. The Hall–Kier alpha value is -1.92. The molecule has 1 heterocycles. The Morgan fingerprint density at radius 1 is 1.24 bits per heavy atom. The summed E-state index contributed by atoms with van der Waals surface area (Å²) >= 11 is 0. The number of aromatic carboxylic acids is 1. The molecule has 0 aliphatic rings. The van der Waals surface area contributed by atoms with Crippen molar-refractivity contribution in [2.75, 3.05) is 6.54 Å². The fourth-order valence-corrected chi connectivity index (χ4v) is 1.97. The first-order chi connectivity index (χ1) is 10.1. The maximum absolute atomic E-state index is 11.6. The largest absolute Gasteiger partial charge is 0.476 e. The van der Waals surface area contributed by atoms with Crippen LogP contribution >= 0.6 is 0 Å². The van der Waals surface area contributed by atoms with Gasteiger partial charge in [-0.3, -0.25) is 4.79 Å². The van der Waals surface area contributed by atoms with Crippen LogP contribution in [-0.4, -0.2) is 38.5 Å². The zero-order valence-corrected chi connectivity index (χ0v) is 12.5. The average molecular weight is 296 g/mol. The normalized spacial score (nSPS) is 10.5. The van der Waals surface area contributed by atoms with Gasteiger partial charge in [0, 0.05) is 13.0 Å². The first kappa shape index (κ1) is 17.1. The number of nitrogens with zero attached hydrogens (tertiary/aromatic N) is 3. The predicted molar refractivity (Wildman–Crippen MR) is 78.0 cm³/mol. The fraction of sp³-hybridized carbons (Fsp3) is 0.714. The Morgan fingerprint density at radius 3 is 2.62 bits per heavy atom. The van der Waals surface area contributed by atoms with E-state index in [1.54, 1.807) is 0 Å². The lowest BCUT2D eigenvalue weighted by atomic mass is 10.1. The summed E-state index contributed by atoms with van der Waals surface area (Å²) in [5, 5.41) is 18.7. The molecule has 1 aromatic rings. The van der Waals surface area contributed by atoms with Gasteiger partial charge in [0.15, 0.2) is 5.69 Å². The van der Waals surface area contributed by atoms with Gasteiger partial charge >= 0.3 is 5.97 Å². The topological polar surface area (TPSA) is 97.1 Å². The molecular formula is C14H24N4O3. The highest BCUT2D eigenvalue weighted by molar-refractivity contribution is 5.84. The van der Waals surface area contributed by atoms with Gasteiger partial charge < -0.3 is 10.4 Å². The molecule has 0 atom stereocenters. The fourth-order valence-electron chi connectivity index (χ4n) is 1.97. The summed E-state index contributed by atoms with van der Waals surface area (Å²) in [4.78, 5) is 22.2. The summed E-state index contributed by atoms with van der Waals surface area (Å²) in [7, 11) is 0. The maximum Gasteiger partial charge on any atom is 0.358 e.